The molecule has 0 amide bonds. The molecule has 0 radical (unpaired) electrons. The van der Waals surface area contributed by atoms with Crippen LogP contribution in [0.2, 0.25) is 0 Å². The molecule has 0 saturated heterocycles. The van der Waals surface area contributed by atoms with Crippen LogP contribution >= 0.6 is 0 Å². The smallest absolute Gasteiger partial charge is 0.398 e. The lowest BCUT2D eigenvalue weighted by Gasteiger charge is -2.10. The summed E-state index contributed by atoms with van der Waals surface area (Å²) in [5.74, 6) is -0.638. The van der Waals surface area contributed by atoms with Gasteiger partial charge in [0.15, 0.2) is 0 Å². The largest absolute Gasteiger partial charge is 0.433 e. The average Bonchev–Trinajstić information content (AvgIpc) is 2.13. The standard InChI is InChI=1S/C11H8F4N2/c1-5-2-6(12)3-8-10(5)7(16)4-9(17-8)11(13,14)15/h2-4H,1H3,(H2,16,17). The number of rotatable bonds is 0. The molecule has 90 valence electrons. The number of hydrogen-bond donors (Lipinski definition) is 1. The number of aromatic nitrogens is 1. The number of nitrogens with zero attached hydrogens (tertiary/aromatic N) is 1. The lowest BCUT2D eigenvalue weighted by atomic mass is 10.1. The first-order valence-corrected chi connectivity index (χ1v) is 4.72. The quantitative estimate of drug-likeness (QED) is 0.722. The second-order valence-electron chi connectivity index (χ2n) is 3.71. The van der Waals surface area contributed by atoms with Gasteiger partial charge in [0.25, 0.3) is 0 Å². The zero-order valence-electron chi connectivity index (χ0n) is 8.77. The molecule has 0 unspecified atom stereocenters. The molecule has 0 aliphatic heterocycles. The van der Waals surface area contributed by atoms with Gasteiger partial charge in [0.2, 0.25) is 0 Å². The van der Waals surface area contributed by atoms with Crippen LogP contribution in [0, 0.1) is 12.7 Å². The van der Waals surface area contributed by atoms with Crippen LogP contribution < -0.4 is 5.73 Å². The Kier molecular flexibility index (Phi) is 2.45. The summed E-state index contributed by atoms with van der Waals surface area (Å²) < 4.78 is 50.6. The van der Waals surface area contributed by atoms with Crippen LogP contribution in [0.3, 0.4) is 0 Å². The molecule has 0 fully saturated rings. The number of fused-ring (bicyclic) bond motifs is 1. The second kappa shape index (κ2) is 3.58. The first-order valence-electron chi connectivity index (χ1n) is 4.72. The number of pyridine rings is 1. The van der Waals surface area contributed by atoms with Crippen molar-refractivity contribution in [1.82, 2.24) is 4.98 Å². The topological polar surface area (TPSA) is 38.9 Å². The molecule has 2 aromatic rings. The van der Waals surface area contributed by atoms with E-state index in [9.17, 15) is 17.6 Å². The minimum Gasteiger partial charge on any atom is -0.398 e. The highest BCUT2D eigenvalue weighted by Crippen LogP contribution is 2.33. The van der Waals surface area contributed by atoms with E-state index in [0.717, 1.165) is 12.1 Å². The summed E-state index contributed by atoms with van der Waals surface area (Å²) >= 11 is 0. The Morgan fingerprint density at radius 1 is 1.18 bits per heavy atom. The van der Waals surface area contributed by atoms with Gasteiger partial charge in [0.05, 0.1) is 5.52 Å². The van der Waals surface area contributed by atoms with E-state index in [-0.39, 0.29) is 11.2 Å². The van der Waals surface area contributed by atoms with Crippen molar-refractivity contribution in [3.8, 4) is 0 Å². The normalized spacial score (nSPS) is 12.1. The third-order valence-electron chi connectivity index (χ3n) is 2.39. The summed E-state index contributed by atoms with van der Waals surface area (Å²) in [6.07, 6.45) is -4.59. The molecule has 0 spiro atoms. The molecule has 17 heavy (non-hydrogen) atoms. The minimum atomic E-state index is -4.59. The minimum absolute atomic E-state index is 0.0557. The zero-order chi connectivity index (χ0) is 12.8. The lowest BCUT2D eigenvalue weighted by molar-refractivity contribution is -0.140. The Morgan fingerprint density at radius 2 is 1.82 bits per heavy atom. The van der Waals surface area contributed by atoms with Gasteiger partial charge in [-0.05, 0) is 24.6 Å². The molecule has 1 aromatic heterocycles. The third kappa shape index (κ3) is 2.02. The number of alkyl halides is 3. The van der Waals surface area contributed by atoms with Gasteiger partial charge < -0.3 is 5.73 Å². The summed E-state index contributed by atoms with van der Waals surface area (Å²) in [5.41, 5.74) is 4.74. The van der Waals surface area contributed by atoms with E-state index in [1.54, 1.807) is 6.92 Å². The van der Waals surface area contributed by atoms with Crippen molar-refractivity contribution in [2.45, 2.75) is 13.1 Å². The number of hydrogen-bond acceptors (Lipinski definition) is 2. The SMILES string of the molecule is Cc1cc(F)cc2nc(C(F)(F)F)cc(N)c12. The third-order valence-corrected chi connectivity index (χ3v) is 2.39. The Labute approximate surface area is 94.1 Å². The molecule has 6 heteroatoms. The number of benzene rings is 1. The molecule has 1 heterocycles. The molecule has 0 aliphatic carbocycles. The van der Waals surface area contributed by atoms with Gasteiger partial charge in [-0.1, -0.05) is 0 Å². The highest BCUT2D eigenvalue weighted by Gasteiger charge is 2.33. The maximum absolute atomic E-state index is 13.1. The Balaban J connectivity index is 2.82. The molecule has 2 N–H and O–H groups in total. The summed E-state index contributed by atoms with van der Waals surface area (Å²) in [4.78, 5) is 3.38. The molecular weight excluding hydrogens is 236 g/mol. The second-order valence-corrected chi connectivity index (χ2v) is 3.71. The van der Waals surface area contributed by atoms with Crippen LogP contribution in [-0.2, 0) is 6.18 Å². The fraction of sp³-hybridized carbons (Fsp3) is 0.182. The number of nitrogen functional groups attached to an aromatic ring is 1. The van der Waals surface area contributed by atoms with E-state index in [1.165, 1.54) is 6.07 Å². The van der Waals surface area contributed by atoms with E-state index in [1.807, 2.05) is 0 Å². The lowest BCUT2D eigenvalue weighted by Crippen LogP contribution is -2.09. The monoisotopic (exact) mass is 244 g/mol. The van der Waals surface area contributed by atoms with E-state index >= 15 is 0 Å². The number of aryl methyl sites for hydroxylation is 1. The Morgan fingerprint density at radius 3 is 2.41 bits per heavy atom. The Bertz CT molecular complexity index is 590. The van der Waals surface area contributed by atoms with Gasteiger partial charge in [-0.25, -0.2) is 9.37 Å². The summed E-state index contributed by atoms with van der Waals surface area (Å²) in [7, 11) is 0. The molecule has 2 nitrogen and oxygen atoms in total. The van der Waals surface area contributed by atoms with E-state index in [0.29, 0.717) is 10.9 Å². The van der Waals surface area contributed by atoms with Crippen molar-refractivity contribution in [3.05, 3.63) is 35.3 Å². The van der Waals surface area contributed by atoms with Gasteiger partial charge in [0.1, 0.15) is 11.5 Å². The van der Waals surface area contributed by atoms with Crippen LogP contribution in [0.1, 0.15) is 11.3 Å². The molecule has 0 atom stereocenters. The maximum atomic E-state index is 13.1. The zero-order valence-corrected chi connectivity index (χ0v) is 8.77. The van der Waals surface area contributed by atoms with E-state index < -0.39 is 17.7 Å². The molecule has 0 bridgehead atoms. The van der Waals surface area contributed by atoms with E-state index in [4.69, 9.17) is 5.73 Å². The molecule has 1 aromatic carbocycles. The maximum Gasteiger partial charge on any atom is 0.433 e. The molecule has 0 saturated carbocycles. The van der Waals surface area contributed by atoms with Gasteiger partial charge in [-0.15, -0.1) is 0 Å². The molecule has 0 aliphatic rings. The predicted molar refractivity (Wildman–Crippen MR) is 55.9 cm³/mol. The highest BCUT2D eigenvalue weighted by atomic mass is 19.4. The van der Waals surface area contributed by atoms with Gasteiger partial charge in [-0.3, -0.25) is 0 Å². The number of nitrogens with two attached hydrogens (primary N) is 1. The van der Waals surface area contributed by atoms with Gasteiger partial charge in [-0.2, -0.15) is 13.2 Å². The first-order chi connectivity index (χ1) is 7.79. The van der Waals surface area contributed by atoms with Crippen LogP contribution in [-0.4, -0.2) is 4.98 Å². The van der Waals surface area contributed by atoms with Gasteiger partial charge in [0, 0.05) is 17.1 Å². The predicted octanol–water partition coefficient (Wildman–Crippen LogP) is 3.28. The summed E-state index contributed by atoms with van der Waals surface area (Å²) in [6.45, 7) is 1.57. The van der Waals surface area contributed by atoms with Crippen LogP contribution in [0.25, 0.3) is 10.9 Å². The van der Waals surface area contributed by atoms with Crippen molar-refractivity contribution in [2.24, 2.45) is 0 Å². The molecular formula is C11H8F4N2. The van der Waals surface area contributed by atoms with Crippen molar-refractivity contribution in [2.75, 3.05) is 5.73 Å². The van der Waals surface area contributed by atoms with Gasteiger partial charge >= 0.3 is 6.18 Å². The van der Waals surface area contributed by atoms with E-state index in [2.05, 4.69) is 4.98 Å². The van der Waals surface area contributed by atoms with Crippen LogP contribution in [0.5, 0.6) is 0 Å². The first kappa shape index (κ1) is 11.6. The summed E-state index contributed by atoms with van der Waals surface area (Å²) in [5, 5.41) is 0.347. The average molecular weight is 244 g/mol. The summed E-state index contributed by atoms with van der Waals surface area (Å²) in [6, 6.07) is 2.90. The fourth-order valence-corrected chi connectivity index (χ4v) is 1.72. The van der Waals surface area contributed by atoms with Crippen LogP contribution in [0.15, 0.2) is 18.2 Å². The molecule has 2 rings (SSSR count). The van der Waals surface area contributed by atoms with Crippen molar-refractivity contribution in [3.63, 3.8) is 0 Å². The number of anilines is 1. The Hall–Kier alpha value is -1.85. The fourth-order valence-electron chi connectivity index (χ4n) is 1.72. The van der Waals surface area contributed by atoms with Crippen molar-refractivity contribution < 1.29 is 17.6 Å². The number of halogens is 4. The highest BCUT2D eigenvalue weighted by molar-refractivity contribution is 5.93. The van der Waals surface area contributed by atoms with Crippen LogP contribution in [0.4, 0.5) is 23.2 Å². The van der Waals surface area contributed by atoms with Crippen molar-refractivity contribution >= 4 is 16.6 Å². The van der Waals surface area contributed by atoms with Crippen molar-refractivity contribution in [1.29, 1.82) is 0 Å².